The predicted molar refractivity (Wildman–Crippen MR) is 65.3 cm³/mol. The Bertz CT molecular complexity index is 400. The van der Waals surface area contributed by atoms with Crippen LogP contribution in [0.3, 0.4) is 0 Å². The summed E-state index contributed by atoms with van der Waals surface area (Å²) in [7, 11) is 0. The smallest absolute Gasteiger partial charge is 0.307 e. The van der Waals surface area contributed by atoms with E-state index in [4.69, 9.17) is 4.74 Å². The van der Waals surface area contributed by atoms with Gasteiger partial charge in [-0.05, 0) is 31.4 Å². The van der Waals surface area contributed by atoms with E-state index < -0.39 is 5.97 Å². The van der Waals surface area contributed by atoms with Crippen molar-refractivity contribution in [1.29, 1.82) is 0 Å². The minimum atomic E-state index is -0.682. The Balaban J connectivity index is 2.29. The summed E-state index contributed by atoms with van der Waals surface area (Å²) in [4.78, 5) is 11.2. The van der Waals surface area contributed by atoms with Gasteiger partial charge in [0.05, 0.1) is 12.5 Å². The van der Waals surface area contributed by atoms with Gasteiger partial charge in [0.2, 0.25) is 0 Å². The fourth-order valence-electron chi connectivity index (χ4n) is 2.70. The molecule has 3 nitrogen and oxygen atoms in total. The minimum absolute atomic E-state index is 0.107. The van der Waals surface area contributed by atoms with Crippen molar-refractivity contribution in [2.45, 2.75) is 32.1 Å². The van der Waals surface area contributed by atoms with E-state index in [0.29, 0.717) is 6.61 Å². The lowest BCUT2D eigenvalue weighted by molar-refractivity contribution is -0.142. The van der Waals surface area contributed by atoms with Crippen LogP contribution >= 0.6 is 0 Å². The summed E-state index contributed by atoms with van der Waals surface area (Å²) < 4.78 is 5.58. The quantitative estimate of drug-likeness (QED) is 0.871. The molecule has 0 spiro atoms. The van der Waals surface area contributed by atoms with E-state index in [9.17, 15) is 9.90 Å². The lowest BCUT2D eigenvalue weighted by Crippen LogP contribution is -2.17. The first-order valence-corrected chi connectivity index (χ1v) is 6.18. The van der Waals surface area contributed by atoms with Crippen molar-refractivity contribution < 1.29 is 14.6 Å². The summed E-state index contributed by atoms with van der Waals surface area (Å²) in [6.07, 6.45) is 2.71. The summed E-state index contributed by atoms with van der Waals surface area (Å²) in [5.74, 6) is 0.0128. The molecule has 17 heavy (non-hydrogen) atoms. The number of hydrogen-bond acceptors (Lipinski definition) is 2. The van der Waals surface area contributed by atoms with Gasteiger partial charge in [-0.25, -0.2) is 0 Å². The monoisotopic (exact) mass is 234 g/mol. The Morgan fingerprint density at radius 1 is 1.41 bits per heavy atom. The van der Waals surface area contributed by atoms with Crippen LogP contribution in [0.5, 0.6) is 5.75 Å². The molecule has 92 valence electrons. The number of hydrogen-bond donors (Lipinski definition) is 1. The molecule has 2 rings (SSSR count). The minimum Gasteiger partial charge on any atom is -0.494 e. The highest BCUT2D eigenvalue weighted by atomic mass is 16.5. The molecule has 1 aliphatic rings. The Morgan fingerprint density at radius 2 is 2.18 bits per heavy atom. The largest absolute Gasteiger partial charge is 0.494 e. The van der Waals surface area contributed by atoms with E-state index >= 15 is 0 Å². The molecule has 0 radical (unpaired) electrons. The zero-order valence-electron chi connectivity index (χ0n) is 10.1. The summed E-state index contributed by atoms with van der Waals surface area (Å²) >= 11 is 0. The molecule has 3 heteroatoms. The van der Waals surface area contributed by atoms with Crippen molar-refractivity contribution in [1.82, 2.24) is 0 Å². The number of benzene rings is 1. The maximum absolute atomic E-state index is 11.2. The van der Waals surface area contributed by atoms with E-state index in [1.165, 1.54) is 0 Å². The number of carboxylic acids is 1. The molecule has 0 saturated heterocycles. The number of carbonyl (C=O) groups is 1. The Labute approximate surface area is 101 Å². The van der Waals surface area contributed by atoms with Crippen LogP contribution in [0, 0.1) is 5.92 Å². The number of rotatable bonds is 4. The third kappa shape index (κ3) is 2.43. The maximum Gasteiger partial charge on any atom is 0.307 e. The summed E-state index contributed by atoms with van der Waals surface area (Å²) in [5, 5.41) is 9.22. The van der Waals surface area contributed by atoms with Gasteiger partial charge in [-0.15, -0.1) is 0 Å². The van der Waals surface area contributed by atoms with Crippen molar-refractivity contribution in [3.63, 3.8) is 0 Å². The second-order valence-corrected chi connectivity index (χ2v) is 4.45. The maximum atomic E-state index is 11.2. The Hall–Kier alpha value is -1.51. The molecule has 0 bridgehead atoms. The number of carboxylic acid groups (broad SMARTS) is 1. The highest BCUT2D eigenvalue weighted by Crippen LogP contribution is 2.43. The van der Waals surface area contributed by atoms with Gasteiger partial charge in [-0.2, -0.15) is 0 Å². The van der Waals surface area contributed by atoms with E-state index in [2.05, 4.69) is 0 Å². The molecule has 1 aromatic carbocycles. The van der Waals surface area contributed by atoms with Crippen LogP contribution < -0.4 is 4.74 Å². The standard InChI is InChI=1S/C14H18O3/c1-2-17-13-9-4-3-6-11(13)10-7-5-8-12(10)14(15)16/h3-4,6,9-10,12H,2,5,7-8H2,1H3,(H,15,16). The van der Waals surface area contributed by atoms with Crippen LogP contribution in [0.15, 0.2) is 24.3 Å². The molecular formula is C14H18O3. The first kappa shape index (κ1) is 12.0. The molecular weight excluding hydrogens is 216 g/mol. The first-order chi connectivity index (χ1) is 8.24. The lowest BCUT2D eigenvalue weighted by Gasteiger charge is -2.19. The van der Waals surface area contributed by atoms with Gasteiger partial charge in [-0.1, -0.05) is 24.6 Å². The van der Waals surface area contributed by atoms with Crippen LogP contribution in [0.25, 0.3) is 0 Å². The van der Waals surface area contributed by atoms with Gasteiger partial charge in [-0.3, -0.25) is 4.79 Å². The molecule has 2 unspecified atom stereocenters. The third-order valence-corrected chi connectivity index (χ3v) is 3.45. The van der Waals surface area contributed by atoms with Crippen LogP contribution in [0.2, 0.25) is 0 Å². The van der Waals surface area contributed by atoms with E-state index in [1.807, 2.05) is 31.2 Å². The molecule has 0 amide bonds. The number of para-hydroxylation sites is 1. The van der Waals surface area contributed by atoms with Crippen molar-refractivity contribution in [3.8, 4) is 5.75 Å². The third-order valence-electron chi connectivity index (χ3n) is 3.45. The van der Waals surface area contributed by atoms with Crippen molar-refractivity contribution in [2.75, 3.05) is 6.61 Å². The predicted octanol–water partition coefficient (Wildman–Crippen LogP) is 3.05. The summed E-state index contributed by atoms with van der Waals surface area (Å²) in [6.45, 7) is 2.56. The average Bonchev–Trinajstić information content (AvgIpc) is 2.79. The topological polar surface area (TPSA) is 46.5 Å². The molecule has 1 aliphatic carbocycles. The summed E-state index contributed by atoms with van der Waals surface area (Å²) in [5.41, 5.74) is 1.05. The molecule has 1 N–H and O–H groups in total. The van der Waals surface area contributed by atoms with E-state index in [0.717, 1.165) is 30.6 Å². The number of aliphatic carboxylic acids is 1. The van der Waals surface area contributed by atoms with Gasteiger partial charge in [0.1, 0.15) is 5.75 Å². The van der Waals surface area contributed by atoms with E-state index in [-0.39, 0.29) is 11.8 Å². The fraction of sp³-hybridized carbons (Fsp3) is 0.500. The number of ether oxygens (including phenoxy) is 1. The van der Waals surface area contributed by atoms with Crippen LogP contribution in [-0.2, 0) is 4.79 Å². The fourth-order valence-corrected chi connectivity index (χ4v) is 2.70. The molecule has 1 aromatic rings. The Morgan fingerprint density at radius 3 is 2.88 bits per heavy atom. The molecule has 0 aliphatic heterocycles. The summed E-state index contributed by atoms with van der Waals surface area (Å²) in [6, 6.07) is 7.81. The zero-order chi connectivity index (χ0) is 12.3. The van der Waals surface area contributed by atoms with Gasteiger partial charge in [0.15, 0.2) is 0 Å². The molecule has 0 heterocycles. The van der Waals surface area contributed by atoms with Gasteiger partial charge in [0.25, 0.3) is 0 Å². The molecule has 2 atom stereocenters. The van der Waals surface area contributed by atoms with Gasteiger partial charge in [0, 0.05) is 5.92 Å². The normalized spacial score (nSPS) is 23.6. The van der Waals surface area contributed by atoms with Crippen LogP contribution in [0.4, 0.5) is 0 Å². The van der Waals surface area contributed by atoms with Crippen molar-refractivity contribution >= 4 is 5.97 Å². The van der Waals surface area contributed by atoms with Crippen molar-refractivity contribution in [3.05, 3.63) is 29.8 Å². The highest BCUT2D eigenvalue weighted by Gasteiger charge is 2.35. The molecule has 0 aromatic heterocycles. The van der Waals surface area contributed by atoms with Gasteiger partial charge < -0.3 is 9.84 Å². The van der Waals surface area contributed by atoms with Gasteiger partial charge >= 0.3 is 5.97 Å². The second-order valence-electron chi connectivity index (χ2n) is 4.45. The molecule has 1 fully saturated rings. The first-order valence-electron chi connectivity index (χ1n) is 6.18. The second kappa shape index (κ2) is 5.21. The van der Waals surface area contributed by atoms with Crippen LogP contribution in [-0.4, -0.2) is 17.7 Å². The van der Waals surface area contributed by atoms with Crippen molar-refractivity contribution in [2.24, 2.45) is 5.92 Å². The van der Waals surface area contributed by atoms with Crippen LogP contribution in [0.1, 0.15) is 37.7 Å². The SMILES string of the molecule is CCOc1ccccc1C1CCCC1C(=O)O. The Kier molecular flexibility index (Phi) is 3.67. The average molecular weight is 234 g/mol. The zero-order valence-corrected chi connectivity index (χ0v) is 10.1. The molecule has 1 saturated carbocycles. The highest BCUT2D eigenvalue weighted by molar-refractivity contribution is 5.72. The lowest BCUT2D eigenvalue weighted by atomic mass is 9.88. The van der Waals surface area contributed by atoms with E-state index in [1.54, 1.807) is 0 Å².